The number of piperidine rings is 1. The predicted molar refractivity (Wildman–Crippen MR) is 112 cm³/mol. The van der Waals surface area contributed by atoms with E-state index in [0.717, 1.165) is 12.1 Å². The van der Waals surface area contributed by atoms with Gasteiger partial charge in [-0.05, 0) is 49.2 Å². The van der Waals surface area contributed by atoms with E-state index in [9.17, 15) is 9.59 Å². The van der Waals surface area contributed by atoms with Crippen LogP contribution in [0.4, 0.5) is 0 Å². The van der Waals surface area contributed by atoms with E-state index in [2.05, 4.69) is 27.7 Å². The van der Waals surface area contributed by atoms with Crippen LogP contribution in [-0.4, -0.2) is 43.0 Å². The molecule has 6 heteroatoms. The molecule has 1 heterocycles. The molecule has 2 amide bonds. The quantitative estimate of drug-likeness (QED) is 0.684. The van der Waals surface area contributed by atoms with E-state index in [1.54, 1.807) is 12.1 Å². The molecule has 0 bridgehead atoms. The molecule has 1 fully saturated rings. The molecular formula is C23H29N3O3. The number of nitrogens with one attached hydrogen (secondary N) is 2. The van der Waals surface area contributed by atoms with Crippen molar-refractivity contribution in [1.29, 1.82) is 0 Å². The standard InChI is InChI=1S/C23H29N3O3/c27-22(16-25-23(28)18-29-21-7-3-1-4-8-21)24-15-19-9-11-20(12-10-19)17-26-13-5-2-6-14-26/h1,3-4,7-12H,2,5-6,13-18H2,(H,24,27)(H,25,28). The van der Waals surface area contributed by atoms with Gasteiger partial charge in [0, 0.05) is 13.1 Å². The second-order valence-electron chi connectivity index (χ2n) is 7.31. The molecule has 0 radical (unpaired) electrons. The fraction of sp³-hybridized carbons (Fsp3) is 0.391. The first-order valence-corrected chi connectivity index (χ1v) is 10.2. The highest BCUT2D eigenvalue weighted by Gasteiger charge is 2.10. The van der Waals surface area contributed by atoms with Gasteiger partial charge in [0.15, 0.2) is 6.61 Å². The average molecular weight is 396 g/mol. The van der Waals surface area contributed by atoms with Crippen LogP contribution in [0.5, 0.6) is 5.75 Å². The van der Waals surface area contributed by atoms with Crippen LogP contribution in [0.25, 0.3) is 0 Å². The fourth-order valence-electron chi connectivity index (χ4n) is 3.30. The lowest BCUT2D eigenvalue weighted by Gasteiger charge is -2.26. The molecule has 6 nitrogen and oxygen atoms in total. The second kappa shape index (κ2) is 11.2. The highest BCUT2D eigenvalue weighted by molar-refractivity contribution is 5.85. The van der Waals surface area contributed by atoms with Crippen LogP contribution in [0.2, 0.25) is 0 Å². The summed E-state index contributed by atoms with van der Waals surface area (Å²) in [4.78, 5) is 26.2. The minimum atomic E-state index is -0.328. The van der Waals surface area contributed by atoms with Crippen LogP contribution < -0.4 is 15.4 Å². The van der Waals surface area contributed by atoms with Crippen molar-refractivity contribution in [2.75, 3.05) is 26.2 Å². The maximum atomic E-state index is 12.0. The Kier molecular flexibility index (Phi) is 8.07. The van der Waals surface area contributed by atoms with Crippen LogP contribution in [-0.2, 0) is 22.7 Å². The minimum absolute atomic E-state index is 0.0654. The van der Waals surface area contributed by atoms with Crippen LogP contribution in [0.3, 0.4) is 0 Å². The molecule has 2 N–H and O–H groups in total. The first-order chi connectivity index (χ1) is 14.2. The van der Waals surface area contributed by atoms with Gasteiger partial charge >= 0.3 is 0 Å². The summed E-state index contributed by atoms with van der Waals surface area (Å²) in [5.74, 6) is 0.0670. The molecule has 0 unspecified atom stereocenters. The number of hydrogen-bond donors (Lipinski definition) is 2. The first kappa shape index (κ1) is 20.9. The van der Waals surface area contributed by atoms with Crippen molar-refractivity contribution in [2.24, 2.45) is 0 Å². The smallest absolute Gasteiger partial charge is 0.258 e. The highest BCUT2D eigenvalue weighted by Crippen LogP contribution is 2.13. The third-order valence-corrected chi connectivity index (χ3v) is 4.93. The highest BCUT2D eigenvalue weighted by atomic mass is 16.5. The third-order valence-electron chi connectivity index (χ3n) is 4.93. The van der Waals surface area contributed by atoms with Crippen molar-refractivity contribution >= 4 is 11.8 Å². The molecule has 2 aromatic carbocycles. The van der Waals surface area contributed by atoms with Crippen molar-refractivity contribution in [3.63, 3.8) is 0 Å². The van der Waals surface area contributed by atoms with Crippen molar-refractivity contribution in [3.8, 4) is 5.75 Å². The number of amides is 2. The normalized spacial score (nSPS) is 14.2. The van der Waals surface area contributed by atoms with E-state index in [1.807, 2.05) is 30.3 Å². The molecule has 154 valence electrons. The lowest BCUT2D eigenvalue weighted by atomic mass is 10.1. The molecule has 1 aliphatic rings. The van der Waals surface area contributed by atoms with E-state index in [4.69, 9.17) is 4.74 Å². The summed E-state index contributed by atoms with van der Waals surface area (Å²) in [6.07, 6.45) is 3.92. The first-order valence-electron chi connectivity index (χ1n) is 10.2. The van der Waals surface area contributed by atoms with Gasteiger partial charge in [0.05, 0.1) is 6.54 Å². The van der Waals surface area contributed by atoms with Gasteiger partial charge in [0.25, 0.3) is 5.91 Å². The number of rotatable bonds is 9. The van der Waals surface area contributed by atoms with Crippen molar-refractivity contribution in [3.05, 3.63) is 65.7 Å². The predicted octanol–water partition coefficient (Wildman–Crippen LogP) is 2.48. The van der Waals surface area contributed by atoms with E-state index < -0.39 is 0 Å². The summed E-state index contributed by atoms with van der Waals surface area (Å²) in [6, 6.07) is 17.4. The molecule has 1 aliphatic heterocycles. The van der Waals surface area contributed by atoms with Crippen LogP contribution in [0.1, 0.15) is 30.4 Å². The fourth-order valence-corrected chi connectivity index (χ4v) is 3.30. The Morgan fingerprint density at radius 2 is 1.52 bits per heavy atom. The second-order valence-corrected chi connectivity index (χ2v) is 7.31. The number of carbonyl (C=O) groups is 2. The maximum Gasteiger partial charge on any atom is 0.258 e. The molecule has 1 saturated heterocycles. The lowest BCUT2D eigenvalue weighted by molar-refractivity contribution is -0.127. The Bertz CT molecular complexity index is 772. The van der Waals surface area contributed by atoms with Crippen molar-refractivity contribution < 1.29 is 14.3 Å². The lowest BCUT2D eigenvalue weighted by Crippen LogP contribution is -2.38. The molecular weight excluding hydrogens is 366 g/mol. The van der Waals surface area contributed by atoms with E-state index >= 15 is 0 Å². The molecule has 0 aliphatic carbocycles. The van der Waals surface area contributed by atoms with Crippen LogP contribution in [0.15, 0.2) is 54.6 Å². The topological polar surface area (TPSA) is 70.7 Å². The molecule has 0 saturated carbocycles. The summed E-state index contributed by atoms with van der Waals surface area (Å²) < 4.78 is 5.35. The van der Waals surface area contributed by atoms with Gasteiger partial charge in [-0.15, -0.1) is 0 Å². The SMILES string of the molecule is O=C(CNC(=O)COc1ccccc1)NCc1ccc(CN2CCCCC2)cc1. The molecule has 29 heavy (non-hydrogen) atoms. The molecule has 0 atom stereocenters. The number of ether oxygens (including phenoxy) is 1. The number of para-hydroxylation sites is 1. The van der Waals surface area contributed by atoms with Crippen LogP contribution in [0, 0.1) is 0 Å². The summed E-state index contributed by atoms with van der Waals surface area (Å²) in [5, 5.41) is 5.39. The van der Waals surface area contributed by atoms with E-state index in [0.29, 0.717) is 12.3 Å². The number of benzene rings is 2. The monoisotopic (exact) mass is 395 g/mol. The van der Waals surface area contributed by atoms with E-state index in [1.165, 1.54) is 37.9 Å². The Hall–Kier alpha value is -2.86. The summed E-state index contributed by atoms with van der Waals surface area (Å²) in [5.41, 5.74) is 2.34. The number of hydrogen-bond acceptors (Lipinski definition) is 4. The van der Waals surface area contributed by atoms with Gasteiger partial charge in [0.2, 0.25) is 5.91 Å². The maximum absolute atomic E-state index is 12.0. The number of nitrogens with zero attached hydrogens (tertiary/aromatic N) is 1. The Morgan fingerprint density at radius 1 is 0.828 bits per heavy atom. The van der Waals surface area contributed by atoms with Gasteiger partial charge in [-0.1, -0.05) is 48.9 Å². The summed E-state index contributed by atoms with van der Waals surface area (Å²) >= 11 is 0. The number of likely N-dealkylation sites (tertiary alicyclic amines) is 1. The van der Waals surface area contributed by atoms with Crippen molar-refractivity contribution in [1.82, 2.24) is 15.5 Å². The Balaban J connectivity index is 1.32. The third kappa shape index (κ3) is 7.58. The zero-order chi connectivity index (χ0) is 20.3. The minimum Gasteiger partial charge on any atom is -0.484 e. The van der Waals surface area contributed by atoms with Gasteiger partial charge in [-0.3, -0.25) is 14.5 Å². The molecule has 0 spiro atoms. The molecule has 2 aromatic rings. The van der Waals surface area contributed by atoms with Gasteiger partial charge < -0.3 is 15.4 Å². The average Bonchev–Trinajstić information content (AvgIpc) is 2.77. The number of carbonyl (C=O) groups excluding carboxylic acids is 2. The Morgan fingerprint density at radius 3 is 2.24 bits per heavy atom. The summed E-state index contributed by atoms with van der Waals surface area (Å²) in [7, 11) is 0. The largest absolute Gasteiger partial charge is 0.484 e. The van der Waals surface area contributed by atoms with Gasteiger partial charge in [-0.2, -0.15) is 0 Å². The molecule has 3 rings (SSSR count). The Labute approximate surface area is 172 Å². The van der Waals surface area contributed by atoms with Crippen LogP contribution >= 0.6 is 0 Å². The molecule has 0 aromatic heterocycles. The zero-order valence-electron chi connectivity index (χ0n) is 16.7. The van der Waals surface area contributed by atoms with Gasteiger partial charge in [0.1, 0.15) is 5.75 Å². The van der Waals surface area contributed by atoms with Gasteiger partial charge in [-0.25, -0.2) is 0 Å². The van der Waals surface area contributed by atoms with E-state index in [-0.39, 0.29) is 25.0 Å². The summed E-state index contributed by atoms with van der Waals surface area (Å²) in [6.45, 7) is 3.61. The van der Waals surface area contributed by atoms with Crippen molar-refractivity contribution in [2.45, 2.75) is 32.4 Å². The zero-order valence-corrected chi connectivity index (χ0v) is 16.7.